The Hall–Kier alpha value is -2.51. The number of nitrogens with zero attached hydrogens (tertiary/aromatic N) is 1. The number of benzene rings is 2. The lowest BCUT2D eigenvalue weighted by Gasteiger charge is -2.07. The van der Waals surface area contributed by atoms with E-state index in [-0.39, 0.29) is 22.2 Å². The third-order valence-corrected chi connectivity index (χ3v) is 4.41. The number of methoxy groups -OCH3 is 1. The fourth-order valence-electron chi connectivity index (χ4n) is 2.11. The molecule has 1 N–H and O–H groups in total. The van der Waals surface area contributed by atoms with Crippen molar-refractivity contribution in [2.24, 2.45) is 0 Å². The molecule has 0 saturated carbocycles. The van der Waals surface area contributed by atoms with Crippen LogP contribution < -0.4 is 5.32 Å². The lowest BCUT2D eigenvalue weighted by atomic mass is 10.2. The summed E-state index contributed by atoms with van der Waals surface area (Å²) in [6.07, 6.45) is 0. The Morgan fingerprint density at radius 1 is 1.28 bits per heavy atom. The van der Waals surface area contributed by atoms with Crippen LogP contribution in [0.2, 0.25) is 5.02 Å². The topological polar surface area (TPSA) is 81.4 Å². The molecule has 0 atom stereocenters. The Morgan fingerprint density at radius 3 is 2.84 bits per heavy atom. The number of anilines is 1. The van der Waals surface area contributed by atoms with Gasteiger partial charge in [0, 0.05) is 5.69 Å². The molecule has 1 amide bonds. The lowest BCUT2D eigenvalue weighted by molar-refractivity contribution is -0.113. The van der Waals surface area contributed by atoms with E-state index in [1.54, 1.807) is 6.07 Å². The molecule has 25 heavy (non-hydrogen) atoms. The van der Waals surface area contributed by atoms with Crippen molar-refractivity contribution >= 4 is 52.0 Å². The van der Waals surface area contributed by atoms with Crippen LogP contribution in [0.5, 0.6) is 0 Å². The Kier molecular flexibility index (Phi) is 5.25. The van der Waals surface area contributed by atoms with Crippen molar-refractivity contribution in [2.75, 3.05) is 18.2 Å². The molecule has 0 aliphatic heterocycles. The molecule has 0 spiro atoms. The molecule has 0 unspecified atom stereocenters. The first-order valence-electron chi connectivity index (χ1n) is 7.23. The smallest absolute Gasteiger partial charge is 0.339 e. The zero-order valence-electron chi connectivity index (χ0n) is 13.1. The second-order valence-corrected chi connectivity index (χ2v) is 6.30. The van der Waals surface area contributed by atoms with Crippen molar-refractivity contribution in [3.8, 4) is 0 Å². The predicted octanol–water partition coefficient (Wildman–Crippen LogP) is 4.00. The third kappa shape index (κ3) is 4.12. The van der Waals surface area contributed by atoms with Gasteiger partial charge in [-0.25, -0.2) is 9.78 Å². The van der Waals surface area contributed by atoms with Gasteiger partial charge < -0.3 is 14.5 Å². The van der Waals surface area contributed by atoms with Gasteiger partial charge in [-0.15, -0.1) is 0 Å². The summed E-state index contributed by atoms with van der Waals surface area (Å²) < 4.78 is 10.2. The van der Waals surface area contributed by atoms with Gasteiger partial charge in [0.15, 0.2) is 5.58 Å². The summed E-state index contributed by atoms with van der Waals surface area (Å²) in [6, 6.07) is 12.0. The van der Waals surface area contributed by atoms with Crippen LogP contribution in [0.15, 0.2) is 52.1 Å². The van der Waals surface area contributed by atoms with Crippen LogP contribution in [-0.2, 0) is 9.53 Å². The van der Waals surface area contributed by atoms with Crippen molar-refractivity contribution in [2.45, 2.75) is 5.22 Å². The van der Waals surface area contributed by atoms with E-state index in [1.165, 1.54) is 31.0 Å². The van der Waals surface area contributed by atoms with Gasteiger partial charge in [0.2, 0.25) is 5.91 Å². The van der Waals surface area contributed by atoms with E-state index in [0.29, 0.717) is 16.5 Å². The molecule has 0 saturated heterocycles. The van der Waals surface area contributed by atoms with Crippen LogP contribution >= 0.6 is 23.4 Å². The second-order valence-electron chi connectivity index (χ2n) is 4.97. The van der Waals surface area contributed by atoms with E-state index in [1.807, 2.05) is 24.3 Å². The first-order valence-corrected chi connectivity index (χ1v) is 8.59. The molecule has 1 heterocycles. The minimum absolute atomic E-state index is 0.114. The number of nitrogens with one attached hydrogen (secondary N) is 1. The number of fused-ring (bicyclic) bond motifs is 1. The molecular formula is C17H13ClN2O4S. The summed E-state index contributed by atoms with van der Waals surface area (Å²) in [5, 5.41) is 3.37. The van der Waals surface area contributed by atoms with Crippen molar-refractivity contribution in [1.29, 1.82) is 0 Å². The largest absolute Gasteiger partial charge is 0.465 e. The summed E-state index contributed by atoms with van der Waals surface area (Å²) >= 11 is 7.13. The van der Waals surface area contributed by atoms with Crippen molar-refractivity contribution < 1.29 is 18.7 Å². The summed E-state index contributed by atoms with van der Waals surface area (Å²) in [6.45, 7) is 0. The number of hydrogen-bond acceptors (Lipinski definition) is 6. The van der Waals surface area contributed by atoms with Crippen LogP contribution in [0, 0.1) is 0 Å². The van der Waals surface area contributed by atoms with E-state index in [9.17, 15) is 9.59 Å². The second kappa shape index (κ2) is 7.58. The molecule has 1 aromatic heterocycles. The van der Waals surface area contributed by atoms with Crippen molar-refractivity contribution in [3.05, 3.63) is 53.1 Å². The average Bonchev–Trinajstić information content (AvgIpc) is 3.04. The van der Waals surface area contributed by atoms with Crippen LogP contribution in [0.4, 0.5) is 5.69 Å². The van der Waals surface area contributed by atoms with Crippen LogP contribution in [-0.4, -0.2) is 29.7 Å². The molecule has 0 fully saturated rings. The highest BCUT2D eigenvalue weighted by Crippen LogP contribution is 2.24. The highest BCUT2D eigenvalue weighted by atomic mass is 35.5. The SMILES string of the molecule is COC(=O)c1cc(NC(=O)CSc2nc3ccccc3o2)ccc1Cl. The molecule has 0 aliphatic rings. The monoisotopic (exact) mass is 376 g/mol. The highest BCUT2D eigenvalue weighted by Gasteiger charge is 2.13. The Balaban J connectivity index is 1.63. The molecule has 128 valence electrons. The first-order chi connectivity index (χ1) is 12.1. The molecule has 0 aliphatic carbocycles. The molecule has 6 nitrogen and oxygen atoms in total. The number of halogens is 1. The number of rotatable bonds is 5. The average molecular weight is 377 g/mol. The predicted molar refractivity (Wildman–Crippen MR) is 96.2 cm³/mol. The number of ether oxygens (including phenoxy) is 1. The fraction of sp³-hybridized carbons (Fsp3) is 0.118. The number of carbonyl (C=O) groups is 2. The number of esters is 1. The zero-order chi connectivity index (χ0) is 17.8. The molecule has 0 bridgehead atoms. The van der Waals surface area contributed by atoms with Crippen molar-refractivity contribution in [3.63, 3.8) is 0 Å². The van der Waals surface area contributed by atoms with Crippen molar-refractivity contribution in [1.82, 2.24) is 4.98 Å². The number of hydrogen-bond donors (Lipinski definition) is 1. The summed E-state index contributed by atoms with van der Waals surface area (Å²) in [5.41, 5.74) is 2.05. The number of amides is 1. The van der Waals surface area contributed by atoms with E-state index in [0.717, 1.165) is 5.52 Å². The zero-order valence-corrected chi connectivity index (χ0v) is 14.7. The fourth-order valence-corrected chi connectivity index (χ4v) is 2.94. The minimum atomic E-state index is -0.568. The van der Waals surface area contributed by atoms with Crippen LogP contribution in [0.3, 0.4) is 0 Å². The number of thioether (sulfide) groups is 1. The molecule has 0 radical (unpaired) electrons. The maximum absolute atomic E-state index is 12.1. The normalized spacial score (nSPS) is 10.6. The number of aromatic nitrogens is 1. The molecule has 2 aromatic carbocycles. The van der Waals surface area contributed by atoms with Gasteiger partial charge >= 0.3 is 5.97 Å². The van der Waals surface area contributed by atoms with Gasteiger partial charge in [-0.3, -0.25) is 4.79 Å². The van der Waals surface area contributed by atoms with E-state index in [2.05, 4.69) is 15.0 Å². The third-order valence-electron chi connectivity index (χ3n) is 3.26. The standard InChI is InChI=1S/C17H13ClN2O4S/c1-23-16(22)11-8-10(6-7-12(11)18)19-15(21)9-25-17-20-13-4-2-3-5-14(13)24-17/h2-8H,9H2,1H3,(H,19,21). The summed E-state index contributed by atoms with van der Waals surface area (Å²) in [5.74, 6) is -0.712. The molecule has 8 heteroatoms. The summed E-state index contributed by atoms with van der Waals surface area (Å²) in [7, 11) is 1.26. The molecule has 3 aromatic rings. The van der Waals surface area contributed by atoms with E-state index < -0.39 is 5.97 Å². The maximum Gasteiger partial charge on any atom is 0.339 e. The first kappa shape index (κ1) is 17.3. The van der Waals surface area contributed by atoms with E-state index in [4.69, 9.17) is 16.0 Å². The Morgan fingerprint density at radius 2 is 2.08 bits per heavy atom. The number of carbonyl (C=O) groups excluding carboxylic acids is 2. The van der Waals surface area contributed by atoms with Gasteiger partial charge in [-0.2, -0.15) is 0 Å². The molecule has 3 rings (SSSR count). The molecular weight excluding hydrogens is 364 g/mol. The van der Waals surface area contributed by atoms with Gasteiger partial charge in [-0.05, 0) is 30.3 Å². The number of oxazole rings is 1. The van der Waals surface area contributed by atoms with Crippen LogP contribution in [0.1, 0.15) is 10.4 Å². The van der Waals surface area contributed by atoms with Gasteiger partial charge in [0.05, 0.1) is 23.4 Å². The van der Waals surface area contributed by atoms with Gasteiger partial charge in [0.1, 0.15) is 5.52 Å². The van der Waals surface area contributed by atoms with E-state index >= 15 is 0 Å². The number of para-hydroxylation sites is 2. The quantitative estimate of drug-likeness (QED) is 0.535. The Labute approximate surface area is 152 Å². The highest BCUT2D eigenvalue weighted by molar-refractivity contribution is 7.99. The van der Waals surface area contributed by atoms with Gasteiger partial charge in [0.25, 0.3) is 5.22 Å². The maximum atomic E-state index is 12.1. The minimum Gasteiger partial charge on any atom is -0.465 e. The summed E-state index contributed by atoms with van der Waals surface area (Å²) in [4.78, 5) is 28.0. The van der Waals surface area contributed by atoms with Crippen LogP contribution in [0.25, 0.3) is 11.1 Å². The van der Waals surface area contributed by atoms with Gasteiger partial charge in [-0.1, -0.05) is 35.5 Å². The Bertz CT molecular complexity index is 908. The lowest BCUT2D eigenvalue weighted by Crippen LogP contribution is -2.14.